The molecular weight excluding hydrogens is 206 g/mol. The molecule has 0 unspecified atom stereocenters. The Balaban J connectivity index is 2.30. The molecule has 0 aliphatic carbocycles. The minimum Gasteiger partial charge on any atom is -0.302 e. The molecule has 1 aliphatic rings. The summed E-state index contributed by atoms with van der Waals surface area (Å²) in [5.41, 5.74) is 4.29. The first-order valence-corrected chi connectivity index (χ1v) is 5.68. The van der Waals surface area contributed by atoms with Crippen molar-refractivity contribution in [2.75, 3.05) is 20.1 Å². The van der Waals surface area contributed by atoms with Crippen molar-refractivity contribution in [2.24, 2.45) is 0 Å². The zero-order valence-corrected chi connectivity index (χ0v) is 10.0. The third-order valence-electron chi connectivity index (χ3n) is 2.96. The lowest BCUT2D eigenvalue weighted by Gasteiger charge is -2.26. The summed E-state index contributed by atoms with van der Waals surface area (Å²) in [6.45, 7) is 4.45. The highest BCUT2D eigenvalue weighted by molar-refractivity contribution is 6.30. The third kappa shape index (κ3) is 2.42. The van der Waals surface area contributed by atoms with E-state index in [2.05, 4.69) is 31.0 Å². The molecule has 2 rings (SSSR count). The van der Waals surface area contributed by atoms with E-state index in [1.54, 1.807) is 0 Å². The van der Waals surface area contributed by atoms with Crippen molar-refractivity contribution in [3.05, 3.63) is 40.4 Å². The molecule has 0 N–H and O–H groups in total. The van der Waals surface area contributed by atoms with Crippen LogP contribution in [-0.2, 0) is 0 Å². The summed E-state index contributed by atoms with van der Waals surface area (Å²) in [5, 5.41) is 0.810. The fraction of sp³-hybridized carbons (Fsp3) is 0.385. The molecule has 0 bridgehead atoms. The quantitative estimate of drug-likeness (QED) is 0.702. The van der Waals surface area contributed by atoms with Gasteiger partial charge in [-0.25, -0.2) is 0 Å². The normalized spacial score (nSPS) is 18.3. The van der Waals surface area contributed by atoms with Crippen LogP contribution in [0.4, 0.5) is 0 Å². The van der Waals surface area contributed by atoms with E-state index in [-0.39, 0.29) is 0 Å². The lowest BCUT2D eigenvalue weighted by atomic mass is 9.95. The smallest absolute Gasteiger partial charge is 0.0406 e. The summed E-state index contributed by atoms with van der Waals surface area (Å²) in [6.07, 6.45) is 1.14. The first kappa shape index (κ1) is 10.7. The lowest BCUT2D eigenvalue weighted by molar-refractivity contribution is 0.359. The van der Waals surface area contributed by atoms with Crippen molar-refractivity contribution in [1.29, 1.82) is 0 Å². The molecule has 1 heterocycles. The molecule has 0 fully saturated rings. The van der Waals surface area contributed by atoms with Crippen LogP contribution in [0.5, 0.6) is 0 Å². The Morgan fingerprint density at radius 3 is 2.47 bits per heavy atom. The van der Waals surface area contributed by atoms with Gasteiger partial charge in [0, 0.05) is 18.1 Å². The predicted octanol–water partition coefficient (Wildman–Crippen LogP) is 3.45. The lowest BCUT2D eigenvalue weighted by Crippen LogP contribution is -2.26. The van der Waals surface area contributed by atoms with Gasteiger partial charge in [0.2, 0.25) is 0 Å². The molecule has 0 saturated heterocycles. The highest BCUT2D eigenvalue weighted by Gasteiger charge is 2.14. The minimum atomic E-state index is 0.810. The van der Waals surface area contributed by atoms with Gasteiger partial charge < -0.3 is 4.90 Å². The van der Waals surface area contributed by atoms with Gasteiger partial charge in [0.15, 0.2) is 0 Å². The molecule has 80 valence electrons. The van der Waals surface area contributed by atoms with E-state index in [0.29, 0.717) is 0 Å². The maximum atomic E-state index is 5.89. The zero-order valence-electron chi connectivity index (χ0n) is 9.26. The van der Waals surface area contributed by atoms with Crippen molar-refractivity contribution in [3.63, 3.8) is 0 Å². The predicted molar refractivity (Wildman–Crippen MR) is 66.2 cm³/mol. The van der Waals surface area contributed by atoms with Gasteiger partial charge in [0.05, 0.1) is 0 Å². The molecule has 2 heteroatoms. The molecule has 0 atom stereocenters. The molecule has 0 aromatic heterocycles. The van der Waals surface area contributed by atoms with Crippen molar-refractivity contribution in [3.8, 4) is 0 Å². The Morgan fingerprint density at radius 2 is 1.87 bits per heavy atom. The summed E-state index contributed by atoms with van der Waals surface area (Å²) in [5.74, 6) is 0. The summed E-state index contributed by atoms with van der Waals surface area (Å²) in [6, 6.07) is 8.17. The first-order chi connectivity index (χ1) is 7.16. The van der Waals surface area contributed by atoms with Gasteiger partial charge in [-0.15, -0.1) is 0 Å². The number of benzene rings is 1. The van der Waals surface area contributed by atoms with Crippen LogP contribution >= 0.6 is 11.6 Å². The molecule has 0 spiro atoms. The van der Waals surface area contributed by atoms with Gasteiger partial charge in [-0.05, 0) is 43.7 Å². The Hall–Kier alpha value is -0.790. The minimum absolute atomic E-state index is 0.810. The maximum Gasteiger partial charge on any atom is 0.0406 e. The molecule has 0 saturated carbocycles. The maximum absolute atomic E-state index is 5.89. The number of hydrogen-bond donors (Lipinski definition) is 0. The van der Waals surface area contributed by atoms with Crippen LogP contribution < -0.4 is 0 Å². The van der Waals surface area contributed by atoms with Gasteiger partial charge in [-0.3, -0.25) is 0 Å². The Labute approximate surface area is 96.4 Å². The van der Waals surface area contributed by atoms with E-state index in [4.69, 9.17) is 11.6 Å². The average Bonchev–Trinajstić information content (AvgIpc) is 2.20. The Morgan fingerprint density at radius 1 is 1.20 bits per heavy atom. The fourth-order valence-electron chi connectivity index (χ4n) is 2.14. The van der Waals surface area contributed by atoms with Gasteiger partial charge >= 0.3 is 0 Å². The second-order valence-corrected chi connectivity index (χ2v) is 4.69. The average molecular weight is 222 g/mol. The van der Waals surface area contributed by atoms with Crippen molar-refractivity contribution >= 4 is 17.2 Å². The SMILES string of the molecule is CC1=C(c2ccc(Cl)cc2)CCN(C)C1. The zero-order chi connectivity index (χ0) is 10.8. The van der Waals surface area contributed by atoms with Crippen LogP contribution in [0, 0.1) is 0 Å². The van der Waals surface area contributed by atoms with E-state index >= 15 is 0 Å². The van der Waals surface area contributed by atoms with Crippen LogP contribution in [-0.4, -0.2) is 25.0 Å². The number of rotatable bonds is 1. The van der Waals surface area contributed by atoms with Crippen LogP contribution in [0.1, 0.15) is 18.9 Å². The summed E-state index contributed by atoms with van der Waals surface area (Å²) >= 11 is 5.89. The second-order valence-electron chi connectivity index (χ2n) is 4.25. The van der Waals surface area contributed by atoms with Crippen LogP contribution in [0.3, 0.4) is 0 Å². The van der Waals surface area contributed by atoms with Gasteiger partial charge in [-0.1, -0.05) is 29.3 Å². The molecular formula is C13H16ClN. The second kappa shape index (κ2) is 4.38. The van der Waals surface area contributed by atoms with Gasteiger partial charge in [-0.2, -0.15) is 0 Å². The molecule has 0 amide bonds. The Bertz CT molecular complexity index is 378. The Kier molecular flexibility index (Phi) is 3.13. The summed E-state index contributed by atoms with van der Waals surface area (Å²) in [4.78, 5) is 2.36. The molecule has 1 aromatic rings. The van der Waals surface area contributed by atoms with Crippen LogP contribution in [0.2, 0.25) is 5.02 Å². The molecule has 1 nitrogen and oxygen atoms in total. The molecule has 1 aliphatic heterocycles. The van der Waals surface area contributed by atoms with Crippen LogP contribution in [0.15, 0.2) is 29.8 Å². The molecule has 15 heavy (non-hydrogen) atoms. The van der Waals surface area contributed by atoms with E-state index in [1.165, 1.54) is 16.7 Å². The van der Waals surface area contributed by atoms with Crippen LogP contribution in [0.25, 0.3) is 5.57 Å². The van der Waals surface area contributed by atoms with Crippen molar-refractivity contribution < 1.29 is 0 Å². The molecule has 0 radical (unpaired) electrons. The summed E-state index contributed by atoms with van der Waals surface area (Å²) < 4.78 is 0. The van der Waals surface area contributed by atoms with E-state index in [0.717, 1.165) is 24.5 Å². The van der Waals surface area contributed by atoms with E-state index < -0.39 is 0 Å². The highest BCUT2D eigenvalue weighted by Crippen LogP contribution is 2.27. The van der Waals surface area contributed by atoms with E-state index in [1.807, 2.05) is 12.1 Å². The number of nitrogens with zero attached hydrogens (tertiary/aromatic N) is 1. The van der Waals surface area contributed by atoms with Gasteiger partial charge in [0.1, 0.15) is 0 Å². The third-order valence-corrected chi connectivity index (χ3v) is 3.21. The number of halogens is 1. The van der Waals surface area contributed by atoms with Gasteiger partial charge in [0.25, 0.3) is 0 Å². The topological polar surface area (TPSA) is 3.24 Å². The molecule has 1 aromatic carbocycles. The van der Waals surface area contributed by atoms with E-state index in [9.17, 15) is 0 Å². The largest absolute Gasteiger partial charge is 0.302 e. The van der Waals surface area contributed by atoms with Crippen molar-refractivity contribution in [2.45, 2.75) is 13.3 Å². The summed E-state index contributed by atoms with van der Waals surface area (Å²) in [7, 11) is 2.17. The number of hydrogen-bond acceptors (Lipinski definition) is 1. The monoisotopic (exact) mass is 221 g/mol. The fourth-order valence-corrected chi connectivity index (χ4v) is 2.26. The standard InChI is InChI=1S/C13H16ClN/c1-10-9-15(2)8-7-13(10)11-3-5-12(14)6-4-11/h3-6H,7-9H2,1-2H3. The van der Waals surface area contributed by atoms with Crippen molar-refractivity contribution in [1.82, 2.24) is 4.90 Å². The first-order valence-electron chi connectivity index (χ1n) is 5.30. The number of likely N-dealkylation sites (N-methyl/N-ethyl adjacent to an activating group) is 1. The highest BCUT2D eigenvalue weighted by atomic mass is 35.5.